The Morgan fingerprint density at radius 1 is 1.21 bits per heavy atom. The summed E-state index contributed by atoms with van der Waals surface area (Å²) in [5, 5.41) is 21.7. The molecular weight excluding hydrogens is 403 g/mol. The van der Waals surface area contributed by atoms with Crippen LogP contribution >= 0.6 is 11.6 Å². The lowest BCUT2D eigenvalue weighted by Gasteiger charge is -2.25. The van der Waals surface area contributed by atoms with Crippen LogP contribution in [0.3, 0.4) is 0 Å². The Morgan fingerprint density at radius 2 is 1.93 bits per heavy atom. The number of carbonyl (C=O) groups is 3. The fourth-order valence-electron chi connectivity index (χ4n) is 3.20. The van der Waals surface area contributed by atoms with Crippen LogP contribution in [-0.2, 0) is 19.9 Å². The Labute approximate surface area is 168 Å². The monoisotopic (exact) mass is 416 g/mol. The van der Waals surface area contributed by atoms with Gasteiger partial charge in [0, 0.05) is 29.5 Å². The molecular formula is C20H14ClFN2O5. The fraction of sp³-hybridized carbons (Fsp3) is 0.100. The molecule has 0 aromatic heterocycles. The van der Waals surface area contributed by atoms with Gasteiger partial charge in [-0.15, -0.1) is 0 Å². The van der Waals surface area contributed by atoms with Gasteiger partial charge in [0.15, 0.2) is 0 Å². The van der Waals surface area contributed by atoms with Gasteiger partial charge < -0.3 is 15.5 Å². The number of nitrogens with one attached hydrogen (secondary N) is 1. The first-order valence-electron chi connectivity index (χ1n) is 8.27. The number of hydrogen-bond acceptors (Lipinski definition) is 4. The smallest absolute Gasteiger partial charge is 0.341 e. The van der Waals surface area contributed by atoms with Crippen molar-refractivity contribution < 1.29 is 29.0 Å². The van der Waals surface area contributed by atoms with E-state index in [0.29, 0.717) is 5.69 Å². The largest absolute Gasteiger partial charge is 0.479 e. The van der Waals surface area contributed by atoms with E-state index < -0.39 is 23.3 Å². The third kappa shape index (κ3) is 3.62. The van der Waals surface area contributed by atoms with E-state index in [2.05, 4.69) is 10.3 Å². The molecule has 1 aliphatic rings. The second-order valence-electron chi connectivity index (χ2n) is 6.26. The number of nitrogens with zero attached hydrogens (tertiary/aromatic N) is 1. The van der Waals surface area contributed by atoms with E-state index in [1.54, 1.807) is 6.07 Å². The average molecular weight is 417 g/mol. The van der Waals surface area contributed by atoms with Crippen molar-refractivity contribution in [2.75, 3.05) is 5.32 Å². The number of carbonyl (C=O) groups excluding carboxylic acids is 1. The molecule has 2 aromatic rings. The number of carboxylic acid groups (broad SMARTS) is 2. The molecule has 1 atom stereocenters. The van der Waals surface area contributed by atoms with Gasteiger partial charge >= 0.3 is 11.9 Å². The van der Waals surface area contributed by atoms with Gasteiger partial charge in [-0.05, 0) is 35.9 Å². The number of halogens is 2. The van der Waals surface area contributed by atoms with Gasteiger partial charge in [-0.2, -0.15) is 0 Å². The Morgan fingerprint density at radius 3 is 2.55 bits per heavy atom. The van der Waals surface area contributed by atoms with Crippen molar-refractivity contribution in [3.63, 3.8) is 0 Å². The third-order valence-electron chi connectivity index (χ3n) is 4.29. The maximum atomic E-state index is 14.0. The molecule has 0 fully saturated rings. The molecule has 0 saturated carbocycles. The summed E-state index contributed by atoms with van der Waals surface area (Å²) in [4.78, 5) is 39.2. The summed E-state index contributed by atoms with van der Waals surface area (Å²) in [6.45, 7) is 1.30. The normalized spacial score (nSPS) is 17.7. The molecule has 7 nitrogen and oxygen atoms in total. The maximum absolute atomic E-state index is 14.0. The van der Waals surface area contributed by atoms with Crippen molar-refractivity contribution in [3.8, 4) is 0 Å². The van der Waals surface area contributed by atoms with Crippen molar-refractivity contribution >= 4 is 40.7 Å². The summed E-state index contributed by atoms with van der Waals surface area (Å²) in [5.74, 6) is -3.83. The predicted octanol–water partition coefficient (Wildman–Crippen LogP) is 1.84. The van der Waals surface area contributed by atoms with Crippen LogP contribution < -0.4 is 15.9 Å². The number of benzene rings is 2. The summed E-state index contributed by atoms with van der Waals surface area (Å²) >= 11 is 6.09. The number of aliphatic carboxylic acids is 2. The van der Waals surface area contributed by atoms with Crippen LogP contribution in [0.5, 0.6) is 0 Å². The highest BCUT2D eigenvalue weighted by atomic mass is 35.5. The molecule has 1 amide bonds. The van der Waals surface area contributed by atoms with Gasteiger partial charge in [0.1, 0.15) is 5.82 Å². The van der Waals surface area contributed by atoms with E-state index >= 15 is 0 Å². The molecule has 0 aliphatic carbocycles. The molecule has 0 radical (unpaired) electrons. The van der Waals surface area contributed by atoms with E-state index in [0.717, 1.165) is 24.3 Å². The van der Waals surface area contributed by atoms with E-state index in [1.165, 1.54) is 25.1 Å². The number of fused-ring (bicyclic) bond motifs is 1. The van der Waals surface area contributed by atoms with E-state index in [-0.39, 0.29) is 32.6 Å². The standard InChI is InChI=1S/C20H14ClFN2O5/c1-10(25)23-13-4-2-3-11(7-13)20(19(28)29)15(5-6-17(26)27)14-8-12(22)9-16(21)18(14)24-20/h2-9H,1H3,(H,23,25)(H,26,27)(H,28,29). The molecule has 0 bridgehead atoms. The Kier molecular flexibility index (Phi) is 5.21. The molecule has 3 rings (SSSR count). The molecule has 1 unspecified atom stereocenters. The second-order valence-corrected chi connectivity index (χ2v) is 6.67. The van der Waals surface area contributed by atoms with Crippen LogP contribution in [-0.4, -0.2) is 28.1 Å². The molecule has 1 aliphatic heterocycles. The zero-order valence-corrected chi connectivity index (χ0v) is 15.7. The number of rotatable bonds is 5. The minimum atomic E-state index is -2.08. The summed E-state index contributed by atoms with van der Waals surface area (Å²) < 4.78 is 14.0. The van der Waals surface area contributed by atoms with Crippen molar-refractivity contribution in [2.45, 2.75) is 12.5 Å². The molecule has 29 heavy (non-hydrogen) atoms. The Hall–Kier alpha value is -3.52. The molecule has 1 heterocycles. The Balaban J connectivity index is 2.40. The zero-order valence-electron chi connectivity index (χ0n) is 14.9. The van der Waals surface area contributed by atoms with Crippen LogP contribution in [0.2, 0.25) is 5.02 Å². The second kappa shape index (κ2) is 7.48. The van der Waals surface area contributed by atoms with Gasteiger partial charge in [-0.1, -0.05) is 23.7 Å². The first kappa shape index (κ1) is 20.2. The lowest BCUT2D eigenvalue weighted by molar-refractivity contribution is -0.141. The predicted molar refractivity (Wildman–Crippen MR) is 102 cm³/mol. The first-order valence-corrected chi connectivity index (χ1v) is 8.65. The van der Waals surface area contributed by atoms with Crippen LogP contribution in [0.25, 0.3) is 5.57 Å². The van der Waals surface area contributed by atoms with Crippen LogP contribution in [0.1, 0.15) is 12.5 Å². The number of carboxylic acids is 2. The number of amides is 1. The maximum Gasteiger partial charge on any atom is 0.341 e. The quantitative estimate of drug-likeness (QED) is 0.643. The first-order chi connectivity index (χ1) is 13.6. The number of anilines is 1. The van der Waals surface area contributed by atoms with Crippen molar-refractivity contribution in [3.05, 3.63) is 75.5 Å². The molecule has 0 saturated heterocycles. The van der Waals surface area contributed by atoms with Gasteiger partial charge in [-0.25, -0.2) is 14.0 Å². The lowest BCUT2D eigenvalue weighted by Crippen LogP contribution is -2.34. The highest BCUT2D eigenvalue weighted by Gasteiger charge is 2.46. The number of hydrogen-bond donors (Lipinski definition) is 3. The summed E-state index contributed by atoms with van der Waals surface area (Å²) in [6, 6.07) is 7.99. The lowest BCUT2D eigenvalue weighted by atomic mass is 9.82. The van der Waals surface area contributed by atoms with E-state index in [4.69, 9.17) is 16.7 Å². The summed E-state index contributed by atoms with van der Waals surface area (Å²) in [6.07, 6.45) is 1.81. The van der Waals surface area contributed by atoms with Crippen molar-refractivity contribution in [1.29, 1.82) is 0 Å². The molecule has 2 aromatic carbocycles. The van der Waals surface area contributed by atoms with Crippen molar-refractivity contribution in [2.24, 2.45) is 4.99 Å². The minimum absolute atomic E-state index is 0.0328. The van der Waals surface area contributed by atoms with Crippen molar-refractivity contribution in [1.82, 2.24) is 0 Å². The topological polar surface area (TPSA) is 116 Å². The van der Waals surface area contributed by atoms with E-state index in [1.807, 2.05) is 0 Å². The van der Waals surface area contributed by atoms with Gasteiger partial charge in [0.05, 0.1) is 10.4 Å². The molecule has 9 heteroatoms. The van der Waals surface area contributed by atoms with Gasteiger partial charge in [0.25, 0.3) is 0 Å². The Bertz CT molecular complexity index is 1210. The molecule has 0 spiro atoms. The fourth-order valence-corrected chi connectivity index (χ4v) is 3.45. The van der Waals surface area contributed by atoms with Crippen LogP contribution in [0.15, 0.2) is 53.5 Å². The van der Waals surface area contributed by atoms with Crippen LogP contribution in [0, 0.1) is 5.82 Å². The SMILES string of the molecule is CC(=O)Nc1cccc(C2(C(=O)O)N=c3c(Cl)cc(F)cc3=C2C=CC(=O)O)c1. The van der Waals surface area contributed by atoms with Gasteiger partial charge in [0.2, 0.25) is 11.4 Å². The summed E-state index contributed by atoms with van der Waals surface area (Å²) in [7, 11) is 0. The summed E-state index contributed by atoms with van der Waals surface area (Å²) in [5.41, 5.74) is -1.70. The minimum Gasteiger partial charge on any atom is -0.479 e. The molecule has 148 valence electrons. The van der Waals surface area contributed by atoms with Crippen LogP contribution in [0.4, 0.5) is 10.1 Å². The highest BCUT2D eigenvalue weighted by molar-refractivity contribution is 6.30. The average Bonchev–Trinajstić information content (AvgIpc) is 2.95. The van der Waals surface area contributed by atoms with E-state index in [9.17, 15) is 23.9 Å². The van der Waals surface area contributed by atoms with Gasteiger partial charge in [-0.3, -0.25) is 9.79 Å². The molecule has 3 N–H and O–H groups in total. The zero-order chi connectivity index (χ0) is 21.3. The highest BCUT2D eigenvalue weighted by Crippen LogP contribution is 2.38. The third-order valence-corrected chi connectivity index (χ3v) is 4.58.